The molecule has 0 saturated heterocycles. The molecule has 2 aromatic carbocycles. The Morgan fingerprint density at radius 2 is 1.09 bits per heavy atom. The molecule has 3 aromatic heterocycles. The molecule has 0 spiro atoms. The van der Waals surface area contributed by atoms with Crippen LogP contribution in [0, 0.1) is 11.8 Å². The van der Waals surface area contributed by atoms with Gasteiger partial charge in [-0.3, -0.25) is 38.6 Å². The van der Waals surface area contributed by atoms with Crippen LogP contribution < -0.4 is 49.1 Å². The van der Waals surface area contributed by atoms with E-state index in [4.69, 9.17) is 17.2 Å². The van der Waals surface area contributed by atoms with Gasteiger partial charge in [0, 0.05) is 78.8 Å². The van der Waals surface area contributed by atoms with Crippen molar-refractivity contribution in [2.24, 2.45) is 34.0 Å². The second-order valence-corrected chi connectivity index (χ2v) is 17.4. The maximum absolute atomic E-state index is 14.5. The van der Waals surface area contributed by atoms with E-state index in [0.717, 1.165) is 27.4 Å². The minimum Gasteiger partial charge on any atom is -0.370 e. The fourth-order valence-corrected chi connectivity index (χ4v) is 8.02. The van der Waals surface area contributed by atoms with E-state index in [0.29, 0.717) is 24.1 Å². The van der Waals surface area contributed by atoms with E-state index in [2.05, 4.69) is 56.8 Å². The molecule has 0 aliphatic heterocycles. The third-order valence-corrected chi connectivity index (χ3v) is 12.3. The number of hydrogen-bond donors (Lipinski definition) is 12. The highest BCUT2D eigenvalue weighted by atomic mass is 16.2. The first kappa shape index (κ1) is 52.3. The van der Waals surface area contributed by atoms with Gasteiger partial charge in [-0.15, -0.1) is 0 Å². The molecule has 0 fully saturated rings. The van der Waals surface area contributed by atoms with Gasteiger partial charge in [-0.1, -0.05) is 76.9 Å². The number of para-hydroxylation sites is 2. The Hall–Kier alpha value is -7.71. The predicted octanol–water partition coefficient (Wildman–Crippen LogP) is 0.960. The maximum Gasteiger partial charge on any atom is 0.243 e. The SMILES string of the molecule is CC[C@H](C)[C@@H](NC(C)=O)C(=O)N[C@H](Cc1c[nH]c2ccccc12)C(=O)N[C@H](CCCN=C(N)N)C(=O)N[C@@H](C(=O)N[C@H](Cc1cnc[nH]1)C(=O)N[C@H](Cc1c[nH]c2ccccc12)C(N)=O)[C@@H](C)CC. The van der Waals surface area contributed by atoms with Crippen molar-refractivity contribution in [3.63, 3.8) is 0 Å². The third-order valence-electron chi connectivity index (χ3n) is 12.3. The van der Waals surface area contributed by atoms with E-state index >= 15 is 0 Å². The highest BCUT2D eigenvalue weighted by molar-refractivity contribution is 5.98. The van der Waals surface area contributed by atoms with Crippen LogP contribution in [0.1, 0.15) is 77.1 Å². The number of nitrogens with one attached hydrogen (secondary N) is 9. The first-order chi connectivity index (χ1) is 33.0. The topological polar surface area (TPSA) is 342 Å². The molecule has 0 radical (unpaired) electrons. The zero-order chi connectivity index (χ0) is 50.2. The number of primary amides is 1. The molecule has 5 rings (SSSR count). The number of guanidine groups is 1. The molecule has 15 N–H and O–H groups in total. The molecule has 370 valence electrons. The number of amides is 7. The minimum atomic E-state index is -1.28. The van der Waals surface area contributed by atoms with Crippen LogP contribution in [0.5, 0.6) is 0 Å². The normalized spacial score (nSPS) is 14.7. The number of carbonyl (C=O) groups is 7. The summed E-state index contributed by atoms with van der Waals surface area (Å²) in [7, 11) is 0. The number of H-pyrrole nitrogens is 3. The van der Waals surface area contributed by atoms with Gasteiger partial charge >= 0.3 is 0 Å². The fourth-order valence-electron chi connectivity index (χ4n) is 8.02. The Kier molecular flexibility index (Phi) is 18.8. The summed E-state index contributed by atoms with van der Waals surface area (Å²) in [6.45, 7) is 8.68. The summed E-state index contributed by atoms with van der Waals surface area (Å²) >= 11 is 0. The molecule has 7 amide bonds. The number of imidazole rings is 1. The lowest BCUT2D eigenvalue weighted by atomic mass is 9.96. The Labute approximate surface area is 400 Å². The summed E-state index contributed by atoms with van der Waals surface area (Å²) in [4.78, 5) is 114. The van der Waals surface area contributed by atoms with Crippen molar-refractivity contribution in [3.8, 4) is 0 Å². The van der Waals surface area contributed by atoms with Crippen LogP contribution in [0.2, 0.25) is 0 Å². The molecule has 0 unspecified atom stereocenters. The van der Waals surface area contributed by atoms with E-state index in [1.807, 2.05) is 69.3 Å². The van der Waals surface area contributed by atoms with Gasteiger partial charge in [0.2, 0.25) is 41.4 Å². The Bertz CT molecular complexity index is 2580. The van der Waals surface area contributed by atoms with Gasteiger partial charge in [0.25, 0.3) is 0 Å². The lowest BCUT2D eigenvalue weighted by Gasteiger charge is -2.30. The zero-order valence-corrected chi connectivity index (χ0v) is 39.7. The molecule has 21 heteroatoms. The summed E-state index contributed by atoms with van der Waals surface area (Å²) in [6.07, 6.45) is 7.59. The predicted molar refractivity (Wildman–Crippen MR) is 262 cm³/mol. The second kappa shape index (κ2) is 24.9. The molecule has 21 nitrogen and oxygen atoms in total. The minimum absolute atomic E-state index is 0.00724. The molecular weight excluding hydrogens is 885 g/mol. The van der Waals surface area contributed by atoms with Gasteiger partial charge in [0.1, 0.15) is 36.3 Å². The number of rotatable bonds is 26. The number of fused-ring (bicyclic) bond motifs is 2. The number of benzene rings is 2. The van der Waals surface area contributed by atoms with Crippen LogP contribution in [0.25, 0.3) is 21.8 Å². The van der Waals surface area contributed by atoms with Crippen molar-refractivity contribution in [2.45, 2.75) is 116 Å². The van der Waals surface area contributed by atoms with Crippen LogP contribution in [0.3, 0.4) is 0 Å². The van der Waals surface area contributed by atoms with Crippen molar-refractivity contribution in [3.05, 3.63) is 90.3 Å². The van der Waals surface area contributed by atoms with Crippen molar-refractivity contribution in [1.29, 1.82) is 0 Å². The molecule has 0 bridgehead atoms. The van der Waals surface area contributed by atoms with Gasteiger partial charge in [0.05, 0.1) is 6.33 Å². The van der Waals surface area contributed by atoms with Crippen molar-refractivity contribution < 1.29 is 33.6 Å². The number of nitrogens with two attached hydrogens (primary N) is 3. The number of aliphatic imine (C=N–C) groups is 1. The monoisotopic (exact) mass is 951 g/mol. The number of aromatic amines is 3. The van der Waals surface area contributed by atoms with Crippen LogP contribution in [0.15, 0.2) is 78.4 Å². The summed E-state index contributed by atoms with van der Waals surface area (Å²) in [6, 6.07) is 7.81. The summed E-state index contributed by atoms with van der Waals surface area (Å²) in [5, 5.41) is 18.4. The average molecular weight is 951 g/mol. The number of hydrogen-bond acceptors (Lipinski definition) is 9. The Morgan fingerprint density at radius 1 is 0.609 bits per heavy atom. The Balaban J connectivity index is 1.40. The number of nitrogens with zero attached hydrogens (tertiary/aromatic N) is 2. The summed E-state index contributed by atoms with van der Waals surface area (Å²) in [5.74, 6) is -5.62. The molecule has 8 atom stereocenters. The van der Waals surface area contributed by atoms with Crippen LogP contribution in [-0.4, -0.2) is 110 Å². The second-order valence-electron chi connectivity index (χ2n) is 17.4. The number of aromatic nitrogens is 4. The van der Waals surface area contributed by atoms with Gasteiger partial charge < -0.3 is 64.1 Å². The van der Waals surface area contributed by atoms with E-state index in [1.165, 1.54) is 19.4 Å². The zero-order valence-electron chi connectivity index (χ0n) is 39.7. The molecule has 0 aliphatic rings. The fraction of sp³-hybridized carbons (Fsp3) is 0.438. The van der Waals surface area contributed by atoms with Gasteiger partial charge in [-0.05, 0) is 47.9 Å². The van der Waals surface area contributed by atoms with E-state index in [9.17, 15) is 33.6 Å². The van der Waals surface area contributed by atoms with Crippen LogP contribution >= 0.6 is 0 Å². The standard InChI is InChI=1S/C48H66N14O7/c1-6-26(3)40(57-28(5)63)46(68)60-38(20-30-23-55-35-16-11-9-14-33(30)35)44(66)58-36(17-12-18-53-48(50)51)43(65)62-41(27(4)7-2)47(69)61-39(21-31-24-52-25-56-31)45(67)59-37(42(49)64)19-29-22-54-34-15-10-8-13-32(29)34/h8-11,13-16,22-27,36-41,54-55H,6-7,12,17-21H2,1-5H3,(H2,49,64)(H,52,56)(H,57,63)(H,58,66)(H,59,67)(H,60,68)(H,61,69)(H,62,65)(H4,50,51,53)/t26-,27-,36+,37+,38+,39+,40+,41+/m0/s1. The summed E-state index contributed by atoms with van der Waals surface area (Å²) < 4.78 is 0. The molecule has 0 saturated carbocycles. The van der Waals surface area contributed by atoms with Gasteiger partial charge in [0.15, 0.2) is 5.96 Å². The highest BCUT2D eigenvalue weighted by Gasteiger charge is 2.36. The smallest absolute Gasteiger partial charge is 0.243 e. The van der Waals surface area contributed by atoms with Gasteiger partial charge in [-0.2, -0.15) is 0 Å². The van der Waals surface area contributed by atoms with E-state index in [1.54, 1.807) is 19.3 Å². The van der Waals surface area contributed by atoms with Crippen molar-refractivity contribution >= 4 is 69.1 Å². The Morgan fingerprint density at radius 3 is 1.58 bits per heavy atom. The van der Waals surface area contributed by atoms with Crippen LogP contribution in [0.4, 0.5) is 0 Å². The first-order valence-corrected chi connectivity index (χ1v) is 23.2. The lowest BCUT2D eigenvalue weighted by Crippen LogP contribution is -2.61. The molecular formula is C48H66N14O7. The largest absolute Gasteiger partial charge is 0.370 e. The highest BCUT2D eigenvalue weighted by Crippen LogP contribution is 2.21. The third kappa shape index (κ3) is 14.6. The molecule has 3 heterocycles. The first-order valence-electron chi connectivity index (χ1n) is 23.2. The molecule has 69 heavy (non-hydrogen) atoms. The summed E-state index contributed by atoms with van der Waals surface area (Å²) in [5.41, 5.74) is 20.6. The van der Waals surface area contributed by atoms with Crippen molar-refractivity contribution in [1.82, 2.24) is 51.8 Å². The van der Waals surface area contributed by atoms with E-state index < -0.39 is 83.5 Å². The van der Waals surface area contributed by atoms with E-state index in [-0.39, 0.29) is 50.5 Å². The van der Waals surface area contributed by atoms with Crippen molar-refractivity contribution in [2.75, 3.05) is 6.54 Å². The molecule has 0 aliphatic carbocycles. The van der Waals surface area contributed by atoms with Gasteiger partial charge in [-0.25, -0.2) is 4.98 Å². The number of carbonyl (C=O) groups excluding carboxylic acids is 7. The maximum atomic E-state index is 14.5. The quantitative estimate of drug-likeness (QED) is 0.0212. The molecule has 5 aromatic rings. The van der Waals surface area contributed by atoms with Crippen LogP contribution in [-0.2, 0) is 52.8 Å². The lowest BCUT2D eigenvalue weighted by molar-refractivity contribution is -0.136. The average Bonchev–Trinajstić information content (AvgIpc) is 4.10.